The summed E-state index contributed by atoms with van der Waals surface area (Å²) in [5.74, 6) is -1.93. The number of nitro groups is 1. The zero-order valence-electron chi connectivity index (χ0n) is 17.6. The molecule has 4 aromatic rings. The Morgan fingerprint density at radius 3 is 2.33 bits per heavy atom. The Kier molecular flexibility index (Phi) is 7.88. The van der Waals surface area contributed by atoms with Gasteiger partial charge in [-0.1, -0.05) is 18.2 Å². The van der Waals surface area contributed by atoms with Crippen molar-refractivity contribution in [3.05, 3.63) is 91.2 Å². The third kappa shape index (κ3) is 5.43. The van der Waals surface area contributed by atoms with E-state index in [1.165, 1.54) is 35.6 Å². The topological polar surface area (TPSA) is 126 Å². The second-order valence-corrected chi connectivity index (χ2v) is 8.47. The fourth-order valence-electron chi connectivity index (χ4n) is 3.27. The van der Waals surface area contributed by atoms with Crippen molar-refractivity contribution in [1.29, 1.82) is 0 Å². The molecule has 0 aliphatic carbocycles. The Balaban J connectivity index is 0.00000306. The van der Waals surface area contributed by atoms with Gasteiger partial charge in [0, 0.05) is 29.7 Å². The van der Waals surface area contributed by atoms with E-state index in [1.54, 1.807) is 24.3 Å². The fraction of sp³-hybridized carbons (Fsp3) is 0.0909. The number of carboxylic acids is 1. The summed E-state index contributed by atoms with van der Waals surface area (Å²) in [5.41, 5.74) is 2.55. The number of nitrogens with zero attached hydrogens (tertiary/aromatic N) is 3. The van der Waals surface area contributed by atoms with Crippen LogP contribution in [0.4, 0.5) is 5.69 Å². The number of aryl methyl sites for hydroxylation is 1. The van der Waals surface area contributed by atoms with E-state index < -0.39 is 16.7 Å². The van der Waals surface area contributed by atoms with Gasteiger partial charge in [0.2, 0.25) is 0 Å². The number of allylic oxidation sites excluding steroid dienone is 1. The summed E-state index contributed by atoms with van der Waals surface area (Å²) >= 11 is 2.23. The number of aromatic nitrogens is 2. The third-order valence-electron chi connectivity index (χ3n) is 4.80. The first-order valence-electron chi connectivity index (χ1n) is 9.34. The first kappa shape index (κ1) is 24.9. The van der Waals surface area contributed by atoms with E-state index >= 15 is 0 Å². The third-order valence-corrected chi connectivity index (χ3v) is 6.41. The van der Waals surface area contributed by atoms with Crippen LogP contribution >= 0.6 is 23.1 Å². The number of ketones is 1. The molecule has 0 N–H and O–H groups in total. The van der Waals surface area contributed by atoms with Gasteiger partial charge in [-0.05, 0) is 47.2 Å². The van der Waals surface area contributed by atoms with E-state index in [-0.39, 0.29) is 58.4 Å². The molecule has 33 heavy (non-hydrogen) atoms. The maximum Gasteiger partial charge on any atom is 1.00 e. The Bertz CT molecular complexity index is 1390. The number of non-ortho nitro benzene ring substituents is 1. The van der Waals surface area contributed by atoms with Gasteiger partial charge in [0.05, 0.1) is 27.5 Å². The van der Waals surface area contributed by atoms with E-state index in [0.717, 1.165) is 17.3 Å². The van der Waals surface area contributed by atoms with E-state index in [9.17, 15) is 24.8 Å². The number of rotatable bonds is 7. The quantitative estimate of drug-likeness (QED) is 0.123. The van der Waals surface area contributed by atoms with Crippen LogP contribution in [0.5, 0.6) is 0 Å². The Morgan fingerprint density at radius 2 is 1.73 bits per heavy atom. The van der Waals surface area contributed by atoms with E-state index in [2.05, 4.69) is 8.75 Å². The predicted molar refractivity (Wildman–Crippen MR) is 120 cm³/mol. The number of nitro benzene ring substituents is 1. The maximum atomic E-state index is 13.4. The minimum Gasteiger partial charge on any atom is -0.545 e. The first-order valence-corrected chi connectivity index (χ1v) is 10.9. The summed E-state index contributed by atoms with van der Waals surface area (Å²) in [5, 5.41) is 25.0. The van der Waals surface area contributed by atoms with Gasteiger partial charge in [-0.3, -0.25) is 14.9 Å². The van der Waals surface area contributed by atoms with Gasteiger partial charge in [-0.15, -0.1) is 11.3 Å². The van der Waals surface area contributed by atoms with Crippen molar-refractivity contribution in [2.24, 2.45) is 0 Å². The number of Topliss-reactive ketones (excluding diaryl/α,β-unsaturated/α-hetero) is 1. The number of carbonyl (C=O) groups excluding carboxylic acids is 2. The molecule has 0 unspecified atom stereocenters. The molecule has 0 radical (unpaired) electrons. The number of carbonyl (C=O) groups is 2. The van der Waals surface area contributed by atoms with Crippen LogP contribution in [0.2, 0.25) is 0 Å². The molecule has 0 fully saturated rings. The summed E-state index contributed by atoms with van der Waals surface area (Å²) in [4.78, 5) is 36.5. The van der Waals surface area contributed by atoms with Gasteiger partial charge in [0.15, 0.2) is 5.78 Å². The van der Waals surface area contributed by atoms with Crippen LogP contribution in [-0.2, 0) is 11.2 Å². The molecule has 2 aromatic heterocycles. The van der Waals surface area contributed by atoms with E-state index in [1.807, 2.05) is 12.3 Å². The number of carboxylic acid groups (broad SMARTS) is 1. The normalized spacial score (nSPS) is 11.5. The molecule has 8 nitrogen and oxygen atoms in total. The molecule has 11 heteroatoms. The summed E-state index contributed by atoms with van der Waals surface area (Å²) in [6.45, 7) is 1.84. The molecular weight excluding hydrogens is 473 g/mol. The van der Waals surface area contributed by atoms with Crippen LogP contribution in [0.25, 0.3) is 16.6 Å². The Hall–Kier alpha value is -2.76. The van der Waals surface area contributed by atoms with Crippen molar-refractivity contribution in [3.63, 3.8) is 0 Å². The largest absolute Gasteiger partial charge is 1.00 e. The summed E-state index contributed by atoms with van der Waals surface area (Å²) in [6.07, 6.45) is -0.0373. The van der Waals surface area contributed by atoms with Crippen molar-refractivity contribution < 1.29 is 49.2 Å². The van der Waals surface area contributed by atoms with Gasteiger partial charge in [0.25, 0.3) is 5.69 Å². The fourth-order valence-corrected chi connectivity index (χ4v) is 4.66. The Morgan fingerprint density at radius 1 is 1.03 bits per heavy atom. The average molecular weight is 487 g/mol. The van der Waals surface area contributed by atoms with Crippen LogP contribution in [-0.4, -0.2) is 25.4 Å². The molecule has 2 heterocycles. The first-order chi connectivity index (χ1) is 15.3. The maximum absolute atomic E-state index is 13.4. The van der Waals surface area contributed by atoms with Crippen LogP contribution in [0.1, 0.15) is 26.4 Å². The van der Waals surface area contributed by atoms with E-state index in [0.29, 0.717) is 21.5 Å². The number of fused-ring (bicyclic) bond motifs is 1. The van der Waals surface area contributed by atoms with Crippen molar-refractivity contribution in [2.45, 2.75) is 13.3 Å². The molecule has 0 saturated carbocycles. The minimum absolute atomic E-state index is 0. The molecule has 2 aromatic carbocycles. The van der Waals surface area contributed by atoms with Crippen LogP contribution < -0.4 is 34.7 Å². The van der Waals surface area contributed by atoms with Crippen LogP contribution in [0.3, 0.4) is 0 Å². The molecule has 160 valence electrons. The zero-order valence-corrected chi connectivity index (χ0v) is 21.2. The predicted octanol–water partition coefficient (Wildman–Crippen LogP) is 0.603. The average Bonchev–Trinajstić information content (AvgIpc) is 3.41. The zero-order chi connectivity index (χ0) is 22.8. The Labute approximate surface area is 218 Å². The molecule has 0 spiro atoms. The number of benzene rings is 2. The second-order valence-electron chi connectivity index (χ2n) is 7.03. The van der Waals surface area contributed by atoms with Crippen molar-refractivity contribution in [1.82, 2.24) is 8.75 Å². The number of hydrogen-bond donors (Lipinski definition) is 0. The van der Waals surface area contributed by atoms with Gasteiger partial charge < -0.3 is 9.90 Å². The van der Waals surface area contributed by atoms with Gasteiger partial charge >= 0.3 is 29.6 Å². The van der Waals surface area contributed by atoms with Crippen molar-refractivity contribution >= 4 is 57.1 Å². The van der Waals surface area contributed by atoms with Gasteiger partial charge in [-0.25, -0.2) is 0 Å². The van der Waals surface area contributed by atoms with Crippen molar-refractivity contribution in [2.75, 3.05) is 0 Å². The molecule has 0 amide bonds. The monoisotopic (exact) mass is 487 g/mol. The minimum atomic E-state index is -1.49. The van der Waals surface area contributed by atoms with E-state index in [4.69, 9.17) is 0 Å². The summed E-state index contributed by atoms with van der Waals surface area (Å²) in [6, 6.07) is 12.1. The second kappa shape index (κ2) is 10.4. The smallest absolute Gasteiger partial charge is 0.545 e. The number of thiophene rings is 1. The molecular formula is C22H14N3NaO5S2. The standard InChI is InChI=1S/C22H15N3O5S2.Na/c1-12-8-19(31-11-12)21(26)16(9-13-2-5-15(6-3-13)25(29)30)20(22(27)28)14-4-7-17-18(10-14)24-32-23-17;/h2-8,10-11H,9H2,1H3,(H,27,28);/q;+1/p-1. The molecule has 0 aliphatic heterocycles. The van der Waals surface area contributed by atoms with Gasteiger partial charge in [-0.2, -0.15) is 8.75 Å². The molecule has 0 saturated heterocycles. The summed E-state index contributed by atoms with van der Waals surface area (Å²) < 4.78 is 8.26. The number of aliphatic carboxylic acids is 1. The van der Waals surface area contributed by atoms with Gasteiger partial charge in [0.1, 0.15) is 11.0 Å². The molecule has 0 atom stereocenters. The number of hydrogen-bond acceptors (Lipinski definition) is 9. The molecule has 0 aliphatic rings. The SMILES string of the molecule is Cc1csc(C(=O)C(Cc2ccc([N+](=O)[O-])cc2)=C(C(=O)[O-])c2ccc3nsnc3c2)c1.[Na+]. The van der Waals surface area contributed by atoms with Crippen LogP contribution in [0, 0.1) is 17.0 Å². The summed E-state index contributed by atoms with van der Waals surface area (Å²) in [7, 11) is 0. The van der Waals surface area contributed by atoms with Crippen LogP contribution in [0.15, 0.2) is 59.5 Å². The van der Waals surface area contributed by atoms with Crippen molar-refractivity contribution in [3.8, 4) is 0 Å². The molecule has 4 rings (SSSR count). The molecule has 0 bridgehead atoms.